The average molecular weight is 304 g/mol. The molecule has 0 aromatic heterocycles. The van der Waals surface area contributed by atoms with Crippen LogP contribution in [-0.2, 0) is 0 Å². The Morgan fingerprint density at radius 3 is 2.39 bits per heavy atom. The van der Waals surface area contributed by atoms with Crippen molar-refractivity contribution in [3.63, 3.8) is 0 Å². The Kier molecular flexibility index (Phi) is 5.84. The molecule has 1 aromatic carbocycles. The molecular formula is C16H19NSe. The number of rotatable bonds is 6. The zero-order chi connectivity index (χ0) is 13.5. The Labute approximate surface area is 118 Å². The first-order valence-electron chi connectivity index (χ1n) is 5.87. The van der Waals surface area contributed by atoms with Gasteiger partial charge in [0.05, 0.1) is 0 Å². The van der Waals surface area contributed by atoms with Crippen LogP contribution < -0.4 is 0 Å². The summed E-state index contributed by atoms with van der Waals surface area (Å²) in [5, 5.41) is 0. The summed E-state index contributed by atoms with van der Waals surface area (Å²) in [6, 6.07) is 10.3. The molecule has 2 heteroatoms. The number of hydrogen-bond acceptors (Lipinski definition) is 1. The summed E-state index contributed by atoms with van der Waals surface area (Å²) in [5.41, 5.74) is 3.54. The van der Waals surface area contributed by atoms with E-state index in [1.165, 1.54) is 11.1 Å². The van der Waals surface area contributed by atoms with Crippen molar-refractivity contribution >= 4 is 25.7 Å². The van der Waals surface area contributed by atoms with E-state index >= 15 is 0 Å². The first-order valence-corrected chi connectivity index (χ1v) is 6.72. The van der Waals surface area contributed by atoms with Crippen molar-refractivity contribution in [2.45, 2.75) is 6.92 Å². The fraction of sp³-hybridized carbons (Fsp3) is 0.188. The maximum absolute atomic E-state index is 3.87. The molecule has 0 atom stereocenters. The van der Waals surface area contributed by atoms with Gasteiger partial charge in [0.15, 0.2) is 0 Å². The van der Waals surface area contributed by atoms with Gasteiger partial charge in [0.1, 0.15) is 0 Å². The molecule has 0 amide bonds. The van der Waals surface area contributed by atoms with Crippen LogP contribution in [0.15, 0.2) is 61.2 Å². The van der Waals surface area contributed by atoms with Gasteiger partial charge in [0.25, 0.3) is 0 Å². The monoisotopic (exact) mass is 305 g/mol. The molecule has 18 heavy (non-hydrogen) atoms. The number of hydrogen-bond donors (Lipinski definition) is 0. The SMILES string of the molecule is C=CCN(C)C(=[Se])/C(=C(\C)C=C)c1ccccc1. The molecule has 0 radical (unpaired) electrons. The van der Waals surface area contributed by atoms with E-state index in [0.717, 1.165) is 16.7 Å². The van der Waals surface area contributed by atoms with E-state index in [1.807, 2.05) is 37.4 Å². The molecule has 0 bridgehead atoms. The van der Waals surface area contributed by atoms with E-state index in [9.17, 15) is 0 Å². The Morgan fingerprint density at radius 2 is 1.89 bits per heavy atom. The zero-order valence-electron chi connectivity index (χ0n) is 11.0. The van der Waals surface area contributed by atoms with Gasteiger partial charge in [0, 0.05) is 0 Å². The summed E-state index contributed by atoms with van der Waals surface area (Å²) in [6.07, 6.45) is 3.78. The van der Waals surface area contributed by atoms with Crippen molar-refractivity contribution in [1.29, 1.82) is 0 Å². The Bertz CT molecular complexity index is 471. The third kappa shape index (κ3) is 3.56. The van der Waals surface area contributed by atoms with Gasteiger partial charge in [-0.3, -0.25) is 0 Å². The molecule has 1 rings (SSSR count). The van der Waals surface area contributed by atoms with E-state index in [2.05, 4.69) is 52.7 Å². The fourth-order valence-electron chi connectivity index (χ4n) is 1.69. The fourth-order valence-corrected chi connectivity index (χ4v) is 2.44. The summed E-state index contributed by atoms with van der Waals surface area (Å²) in [4.78, 5) is 2.14. The first kappa shape index (κ1) is 14.7. The van der Waals surface area contributed by atoms with Crippen LogP contribution in [0.5, 0.6) is 0 Å². The molecule has 1 aromatic rings. The van der Waals surface area contributed by atoms with Gasteiger partial charge in [-0.05, 0) is 0 Å². The topological polar surface area (TPSA) is 3.24 Å². The molecule has 0 aliphatic rings. The van der Waals surface area contributed by atoms with Crippen molar-refractivity contribution in [1.82, 2.24) is 4.90 Å². The molecule has 0 heterocycles. The minimum atomic E-state index is 0.809. The molecule has 0 aliphatic carbocycles. The second-order valence-electron chi connectivity index (χ2n) is 4.10. The van der Waals surface area contributed by atoms with Gasteiger partial charge in [-0.15, -0.1) is 0 Å². The van der Waals surface area contributed by atoms with Crippen molar-refractivity contribution in [3.8, 4) is 0 Å². The number of nitrogens with zero attached hydrogens (tertiary/aromatic N) is 1. The Hall–Kier alpha value is -1.37. The van der Waals surface area contributed by atoms with Crippen LogP contribution in [-0.4, -0.2) is 38.6 Å². The van der Waals surface area contributed by atoms with E-state index in [0.29, 0.717) is 0 Å². The zero-order valence-corrected chi connectivity index (χ0v) is 12.7. The Balaban J connectivity index is 3.21. The standard InChI is InChI=1S/C16H19NSe/c1-5-12-17(4)16(18)15(13(3)6-2)14-10-8-7-9-11-14/h5-11H,1-2,12H2,3-4H3/b15-13+. The van der Waals surface area contributed by atoms with Crippen molar-refractivity contribution in [3.05, 3.63) is 66.8 Å². The second-order valence-corrected chi connectivity index (χ2v) is 4.91. The van der Waals surface area contributed by atoms with Crippen LogP contribution in [0.3, 0.4) is 0 Å². The van der Waals surface area contributed by atoms with Gasteiger partial charge in [0.2, 0.25) is 0 Å². The summed E-state index contributed by atoms with van der Waals surface area (Å²) in [7, 11) is 2.05. The molecule has 0 fully saturated rings. The molecule has 0 saturated carbocycles. The van der Waals surface area contributed by atoms with E-state index in [-0.39, 0.29) is 0 Å². The van der Waals surface area contributed by atoms with Gasteiger partial charge >= 0.3 is 118 Å². The van der Waals surface area contributed by atoms with Crippen LogP contribution in [0.25, 0.3) is 5.57 Å². The van der Waals surface area contributed by atoms with Gasteiger partial charge in [-0.2, -0.15) is 0 Å². The van der Waals surface area contributed by atoms with Crippen molar-refractivity contribution < 1.29 is 0 Å². The normalized spacial score (nSPS) is 11.4. The first-order chi connectivity index (χ1) is 8.61. The van der Waals surface area contributed by atoms with Gasteiger partial charge in [-0.1, -0.05) is 0 Å². The van der Waals surface area contributed by atoms with E-state index in [1.54, 1.807) is 0 Å². The minimum absolute atomic E-state index is 0.809. The molecule has 0 spiro atoms. The quantitative estimate of drug-likeness (QED) is 0.443. The molecule has 0 aliphatic heterocycles. The third-order valence-corrected chi connectivity index (χ3v) is 3.81. The molecular weight excluding hydrogens is 285 g/mol. The second kappa shape index (κ2) is 7.15. The summed E-state index contributed by atoms with van der Waals surface area (Å²) >= 11 is 3.16. The summed E-state index contributed by atoms with van der Waals surface area (Å²) < 4.78 is 1.11. The predicted molar refractivity (Wildman–Crippen MR) is 82.8 cm³/mol. The average Bonchev–Trinajstić information content (AvgIpc) is 2.40. The van der Waals surface area contributed by atoms with Gasteiger partial charge in [-0.25, -0.2) is 0 Å². The van der Waals surface area contributed by atoms with Crippen LogP contribution in [0, 0.1) is 0 Å². The van der Waals surface area contributed by atoms with Crippen molar-refractivity contribution in [2.24, 2.45) is 0 Å². The van der Waals surface area contributed by atoms with E-state index in [4.69, 9.17) is 0 Å². The van der Waals surface area contributed by atoms with E-state index < -0.39 is 0 Å². The molecule has 94 valence electrons. The molecule has 0 saturated heterocycles. The van der Waals surface area contributed by atoms with Crippen molar-refractivity contribution in [2.75, 3.05) is 13.6 Å². The summed E-state index contributed by atoms with van der Waals surface area (Å²) in [6.45, 7) is 10.5. The number of likely N-dealkylation sites (N-methyl/N-ethyl adjacent to an activating group) is 1. The predicted octanol–water partition coefficient (Wildman–Crippen LogP) is 3.06. The maximum atomic E-state index is 3.87. The Morgan fingerprint density at radius 1 is 1.28 bits per heavy atom. The summed E-state index contributed by atoms with van der Waals surface area (Å²) in [5.74, 6) is 0. The molecule has 0 unspecified atom stereocenters. The molecule has 1 nitrogen and oxygen atoms in total. The van der Waals surface area contributed by atoms with Crippen LogP contribution in [0.2, 0.25) is 0 Å². The van der Waals surface area contributed by atoms with Crippen LogP contribution in [0.4, 0.5) is 0 Å². The van der Waals surface area contributed by atoms with Gasteiger partial charge < -0.3 is 0 Å². The third-order valence-electron chi connectivity index (χ3n) is 2.73. The van der Waals surface area contributed by atoms with Crippen LogP contribution in [0.1, 0.15) is 12.5 Å². The number of allylic oxidation sites excluding steroid dienone is 2. The molecule has 0 N–H and O–H groups in total. The van der Waals surface area contributed by atoms with Crippen LogP contribution >= 0.6 is 0 Å². The number of benzene rings is 1.